The smallest absolute Gasteiger partial charge is 0.237 e. The van der Waals surface area contributed by atoms with Crippen molar-refractivity contribution in [3.63, 3.8) is 0 Å². The Labute approximate surface area is 102 Å². The molecule has 0 bridgehead atoms. The van der Waals surface area contributed by atoms with Crippen molar-refractivity contribution in [2.24, 2.45) is 17.3 Å². The summed E-state index contributed by atoms with van der Waals surface area (Å²) in [6.45, 7) is 5.50. The Morgan fingerprint density at radius 1 is 1.47 bits per heavy atom. The number of carbonyl (C=O) groups is 1. The molecule has 96 valence electrons. The van der Waals surface area contributed by atoms with Crippen LogP contribution in [0.1, 0.15) is 26.2 Å². The highest BCUT2D eigenvalue weighted by Gasteiger charge is 2.43. The predicted octanol–water partition coefficient (Wildman–Crippen LogP) is 0.527. The summed E-state index contributed by atoms with van der Waals surface area (Å²) in [5.41, 5.74) is 0.170. The summed E-state index contributed by atoms with van der Waals surface area (Å²) < 4.78 is 5.20. The number of rotatable bonds is 3. The van der Waals surface area contributed by atoms with Crippen molar-refractivity contribution in [1.82, 2.24) is 10.6 Å². The maximum atomic E-state index is 12.2. The second kappa shape index (κ2) is 4.25. The fourth-order valence-electron chi connectivity index (χ4n) is 3.44. The minimum Gasteiger partial charge on any atom is -0.380 e. The molecule has 3 aliphatic rings. The van der Waals surface area contributed by atoms with Gasteiger partial charge in [0.15, 0.2) is 0 Å². The highest BCUT2D eigenvalue weighted by molar-refractivity contribution is 5.82. The van der Waals surface area contributed by atoms with Gasteiger partial charge in [0.1, 0.15) is 0 Å². The van der Waals surface area contributed by atoms with Crippen LogP contribution in [0.3, 0.4) is 0 Å². The predicted molar refractivity (Wildman–Crippen MR) is 64.6 cm³/mol. The van der Waals surface area contributed by atoms with Gasteiger partial charge in [0.2, 0.25) is 5.91 Å². The van der Waals surface area contributed by atoms with Gasteiger partial charge in [0, 0.05) is 12.0 Å². The SMILES string of the molecule is CC1(CNC(=O)C2NCC3CCCC32)COC1. The van der Waals surface area contributed by atoms with Crippen LogP contribution in [-0.4, -0.2) is 38.3 Å². The van der Waals surface area contributed by atoms with E-state index in [9.17, 15) is 4.79 Å². The molecule has 1 aliphatic carbocycles. The first-order chi connectivity index (χ1) is 8.18. The Balaban J connectivity index is 1.52. The maximum Gasteiger partial charge on any atom is 0.237 e. The number of nitrogens with one attached hydrogen (secondary N) is 2. The molecule has 3 atom stereocenters. The van der Waals surface area contributed by atoms with Gasteiger partial charge < -0.3 is 15.4 Å². The van der Waals surface area contributed by atoms with E-state index in [1.165, 1.54) is 19.3 Å². The molecular formula is C13H22N2O2. The molecule has 3 unspecified atom stereocenters. The molecule has 0 spiro atoms. The molecule has 3 fully saturated rings. The molecule has 2 aliphatic heterocycles. The summed E-state index contributed by atoms with van der Waals surface area (Å²) >= 11 is 0. The van der Waals surface area contributed by atoms with Gasteiger partial charge in [0.25, 0.3) is 0 Å². The zero-order valence-corrected chi connectivity index (χ0v) is 10.5. The molecule has 2 saturated heterocycles. The molecule has 2 heterocycles. The molecule has 2 N–H and O–H groups in total. The Morgan fingerprint density at radius 2 is 2.29 bits per heavy atom. The third-order valence-electron chi connectivity index (χ3n) is 4.62. The molecule has 0 aromatic heterocycles. The summed E-state index contributed by atoms with van der Waals surface area (Å²) in [6, 6.07) is 0.0621. The van der Waals surface area contributed by atoms with Crippen molar-refractivity contribution in [3.8, 4) is 0 Å². The van der Waals surface area contributed by atoms with Gasteiger partial charge in [-0.25, -0.2) is 0 Å². The number of carbonyl (C=O) groups excluding carboxylic acids is 1. The molecule has 0 aromatic carbocycles. The first-order valence-corrected chi connectivity index (χ1v) is 6.77. The number of hydrogen-bond donors (Lipinski definition) is 2. The zero-order chi connectivity index (χ0) is 11.9. The molecule has 4 nitrogen and oxygen atoms in total. The number of ether oxygens (including phenoxy) is 1. The lowest BCUT2D eigenvalue weighted by molar-refractivity contribution is -0.129. The van der Waals surface area contributed by atoms with Crippen LogP contribution in [0.2, 0.25) is 0 Å². The Hall–Kier alpha value is -0.610. The maximum absolute atomic E-state index is 12.2. The van der Waals surface area contributed by atoms with Gasteiger partial charge in [0.05, 0.1) is 19.3 Å². The van der Waals surface area contributed by atoms with E-state index in [0.29, 0.717) is 5.92 Å². The van der Waals surface area contributed by atoms with Gasteiger partial charge >= 0.3 is 0 Å². The summed E-state index contributed by atoms with van der Waals surface area (Å²) in [5, 5.41) is 6.49. The first-order valence-electron chi connectivity index (χ1n) is 6.77. The van der Waals surface area contributed by atoms with Gasteiger partial charge in [-0.15, -0.1) is 0 Å². The first kappa shape index (κ1) is 11.5. The van der Waals surface area contributed by atoms with Crippen molar-refractivity contribution in [3.05, 3.63) is 0 Å². The minimum atomic E-state index is 0.0621. The fourth-order valence-corrected chi connectivity index (χ4v) is 3.44. The third kappa shape index (κ3) is 2.08. The monoisotopic (exact) mass is 238 g/mol. The van der Waals surface area contributed by atoms with Crippen molar-refractivity contribution in [1.29, 1.82) is 0 Å². The fraction of sp³-hybridized carbons (Fsp3) is 0.923. The average Bonchev–Trinajstić information content (AvgIpc) is 2.84. The lowest BCUT2D eigenvalue weighted by Crippen LogP contribution is -2.52. The van der Waals surface area contributed by atoms with Crippen LogP contribution < -0.4 is 10.6 Å². The van der Waals surface area contributed by atoms with Crippen LogP contribution in [0.25, 0.3) is 0 Å². The second-order valence-corrected chi connectivity index (χ2v) is 6.26. The van der Waals surface area contributed by atoms with E-state index in [2.05, 4.69) is 17.6 Å². The Bertz CT molecular complexity index is 315. The summed E-state index contributed by atoms with van der Waals surface area (Å²) in [7, 11) is 0. The highest BCUT2D eigenvalue weighted by atomic mass is 16.5. The van der Waals surface area contributed by atoms with Gasteiger partial charge in [-0.1, -0.05) is 13.3 Å². The molecular weight excluding hydrogens is 216 g/mol. The van der Waals surface area contributed by atoms with E-state index in [1.54, 1.807) is 0 Å². The lowest BCUT2D eigenvalue weighted by Gasteiger charge is -2.38. The van der Waals surface area contributed by atoms with Crippen LogP contribution in [0.4, 0.5) is 0 Å². The number of fused-ring (bicyclic) bond motifs is 1. The molecule has 1 amide bonds. The quantitative estimate of drug-likeness (QED) is 0.754. The van der Waals surface area contributed by atoms with Crippen LogP contribution in [0.5, 0.6) is 0 Å². The van der Waals surface area contributed by atoms with Crippen LogP contribution >= 0.6 is 0 Å². The normalized spacial score (nSPS) is 38.5. The Morgan fingerprint density at radius 3 is 3.00 bits per heavy atom. The summed E-state index contributed by atoms with van der Waals surface area (Å²) in [6.07, 6.45) is 3.81. The van der Waals surface area contributed by atoms with Crippen LogP contribution in [0, 0.1) is 17.3 Å². The van der Waals surface area contributed by atoms with Gasteiger partial charge in [-0.2, -0.15) is 0 Å². The molecule has 3 rings (SSSR count). The van der Waals surface area contributed by atoms with E-state index >= 15 is 0 Å². The Kier molecular flexibility index (Phi) is 2.87. The summed E-state index contributed by atoms with van der Waals surface area (Å²) in [5.74, 6) is 1.53. The molecule has 4 heteroatoms. The molecule has 17 heavy (non-hydrogen) atoms. The zero-order valence-electron chi connectivity index (χ0n) is 10.5. The van der Waals surface area contributed by atoms with Crippen LogP contribution in [0.15, 0.2) is 0 Å². The van der Waals surface area contributed by atoms with E-state index in [1.807, 2.05) is 0 Å². The van der Waals surface area contributed by atoms with E-state index in [0.717, 1.165) is 32.2 Å². The van der Waals surface area contributed by atoms with Crippen molar-refractivity contribution in [2.45, 2.75) is 32.2 Å². The van der Waals surface area contributed by atoms with E-state index in [-0.39, 0.29) is 17.4 Å². The van der Waals surface area contributed by atoms with Gasteiger partial charge in [-0.3, -0.25) is 4.79 Å². The minimum absolute atomic E-state index is 0.0621. The highest BCUT2D eigenvalue weighted by Crippen LogP contribution is 2.37. The van der Waals surface area contributed by atoms with Crippen LogP contribution in [-0.2, 0) is 9.53 Å². The van der Waals surface area contributed by atoms with Gasteiger partial charge in [-0.05, 0) is 31.2 Å². The third-order valence-corrected chi connectivity index (χ3v) is 4.62. The van der Waals surface area contributed by atoms with Crippen molar-refractivity contribution >= 4 is 5.91 Å². The molecule has 0 aromatic rings. The molecule has 1 saturated carbocycles. The van der Waals surface area contributed by atoms with E-state index < -0.39 is 0 Å². The van der Waals surface area contributed by atoms with E-state index in [4.69, 9.17) is 4.74 Å². The van der Waals surface area contributed by atoms with Crippen molar-refractivity contribution in [2.75, 3.05) is 26.3 Å². The molecule has 0 radical (unpaired) electrons. The largest absolute Gasteiger partial charge is 0.380 e. The average molecular weight is 238 g/mol. The number of amides is 1. The topological polar surface area (TPSA) is 50.4 Å². The number of hydrogen-bond acceptors (Lipinski definition) is 3. The standard InChI is InChI=1S/C13H22N2O2/c1-13(7-17-8-13)6-15-12(16)11-10-4-2-3-9(10)5-14-11/h9-11,14H,2-8H2,1H3,(H,15,16). The summed E-state index contributed by atoms with van der Waals surface area (Å²) in [4.78, 5) is 12.2. The van der Waals surface area contributed by atoms with Crippen molar-refractivity contribution < 1.29 is 9.53 Å². The second-order valence-electron chi connectivity index (χ2n) is 6.26. The lowest BCUT2D eigenvalue weighted by atomic mass is 9.88.